The molecule has 2 unspecified atom stereocenters. The van der Waals surface area contributed by atoms with Gasteiger partial charge in [0.15, 0.2) is 0 Å². The van der Waals surface area contributed by atoms with E-state index in [2.05, 4.69) is 66.2 Å². The normalized spacial score (nSPS) is 22.3. The van der Waals surface area contributed by atoms with E-state index in [1.807, 2.05) is 29.3 Å². The lowest BCUT2D eigenvalue weighted by Crippen LogP contribution is -2.29. The van der Waals surface area contributed by atoms with Gasteiger partial charge in [-0.2, -0.15) is 10.4 Å². The maximum absolute atomic E-state index is 9.70. The summed E-state index contributed by atoms with van der Waals surface area (Å²) in [5.41, 5.74) is 6.80. The number of hydrogen-bond donors (Lipinski definition) is 1. The number of nitrogens with one attached hydrogen (secondary N) is 1. The van der Waals surface area contributed by atoms with E-state index in [9.17, 15) is 5.26 Å². The van der Waals surface area contributed by atoms with Crippen molar-refractivity contribution in [3.05, 3.63) is 72.4 Å². The molecular formula is C29H27N9. The molecule has 0 aromatic carbocycles. The number of piperazine rings is 1. The summed E-state index contributed by atoms with van der Waals surface area (Å²) in [5, 5.41) is 15.3. The van der Waals surface area contributed by atoms with Gasteiger partial charge < -0.3 is 14.8 Å². The molecule has 9 nitrogen and oxygen atoms in total. The monoisotopic (exact) mass is 501 g/mol. The van der Waals surface area contributed by atoms with E-state index in [4.69, 9.17) is 4.98 Å². The number of aromatic nitrogens is 5. The Morgan fingerprint density at radius 1 is 0.974 bits per heavy atom. The van der Waals surface area contributed by atoms with Gasteiger partial charge in [0.25, 0.3) is 0 Å². The summed E-state index contributed by atoms with van der Waals surface area (Å²) in [6, 6.07) is 14.2. The average molecular weight is 502 g/mol. The van der Waals surface area contributed by atoms with Crippen LogP contribution in [-0.2, 0) is 6.54 Å². The van der Waals surface area contributed by atoms with Crippen LogP contribution in [0.15, 0.2) is 61.3 Å². The highest BCUT2D eigenvalue weighted by atomic mass is 15.5. The van der Waals surface area contributed by atoms with Crippen LogP contribution < -0.4 is 9.80 Å². The fourth-order valence-electron chi connectivity index (χ4n) is 6.37. The molecule has 0 bridgehead atoms. The summed E-state index contributed by atoms with van der Waals surface area (Å²) in [7, 11) is 0. The van der Waals surface area contributed by atoms with Gasteiger partial charge in [0.2, 0.25) is 0 Å². The first kappa shape index (κ1) is 21.6. The Hall–Kier alpha value is -4.42. The van der Waals surface area contributed by atoms with Gasteiger partial charge in [-0.05, 0) is 48.7 Å². The Balaban J connectivity index is 1.01. The summed E-state index contributed by atoms with van der Waals surface area (Å²) in [5.74, 6) is 1.01. The highest BCUT2D eigenvalue weighted by molar-refractivity contribution is 5.86. The number of nitriles is 1. The molecule has 0 radical (unpaired) electrons. The summed E-state index contributed by atoms with van der Waals surface area (Å²) >= 11 is 0. The van der Waals surface area contributed by atoms with Crippen molar-refractivity contribution in [3.8, 4) is 17.2 Å². The Labute approximate surface area is 219 Å². The van der Waals surface area contributed by atoms with Crippen molar-refractivity contribution in [1.82, 2.24) is 29.5 Å². The zero-order valence-electron chi connectivity index (χ0n) is 21.0. The van der Waals surface area contributed by atoms with Gasteiger partial charge in [-0.1, -0.05) is 0 Å². The molecule has 0 aliphatic carbocycles. The molecule has 8 rings (SSSR count). The van der Waals surface area contributed by atoms with Crippen molar-refractivity contribution in [2.75, 3.05) is 36.0 Å². The third-order valence-electron chi connectivity index (χ3n) is 8.42. The molecule has 38 heavy (non-hydrogen) atoms. The van der Waals surface area contributed by atoms with E-state index >= 15 is 0 Å². The smallest absolute Gasteiger partial charge is 0.137 e. The third-order valence-corrected chi connectivity index (χ3v) is 8.42. The zero-order valence-corrected chi connectivity index (χ0v) is 21.0. The third kappa shape index (κ3) is 3.45. The largest absolute Gasteiger partial charge is 0.370 e. The molecule has 5 aromatic rings. The summed E-state index contributed by atoms with van der Waals surface area (Å²) in [4.78, 5) is 19.9. The summed E-state index contributed by atoms with van der Waals surface area (Å²) < 4.78 is 1.85. The topological polar surface area (TPSA) is 92.2 Å². The Morgan fingerprint density at radius 3 is 2.63 bits per heavy atom. The van der Waals surface area contributed by atoms with Gasteiger partial charge in [0, 0.05) is 79.9 Å². The second-order valence-electron chi connectivity index (χ2n) is 10.6. The average Bonchev–Trinajstić information content (AvgIpc) is 3.61. The van der Waals surface area contributed by atoms with Crippen LogP contribution in [0.2, 0.25) is 0 Å². The van der Waals surface area contributed by atoms with Crippen LogP contribution in [0, 0.1) is 11.3 Å². The molecule has 0 amide bonds. The van der Waals surface area contributed by atoms with E-state index in [1.54, 1.807) is 6.20 Å². The van der Waals surface area contributed by atoms with Crippen LogP contribution in [-0.4, -0.2) is 67.7 Å². The predicted molar refractivity (Wildman–Crippen MR) is 146 cm³/mol. The lowest BCUT2D eigenvalue weighted by Gasteiger charge is -2.22. The van der Waals surface area contributed by atoms with Crippen molar-refractivity contribution >= 4 is 28.1 Å². The molecule has 0 spiro atoms. The molecule has 5 aromatic heterocycles. The minimum Gasteiger partial charge on any atom is -0.370 e. The fourth-order valence-corrected chi connectivity index (χ4v) is 6.37. The lowest BCUT2D eigenvalue weighted by molar-refractivity contribution is 0.445. The van der Waals surface area contributed by atoms with E-state index in [1.165, 1.54) is 23.8 Å². The van der Waals surface area contributed by atoms with Gasteiger partial charge in [-0.25, -0.2) is 14.5 Å². The van der Waals surface area contributed by atoms with Crippen molar-refractivity contribution in [2.45, 2.75) is 31.5 Å². The SMILES string of the molecule is N#Cc1cnn2cc(N3CCCC3)cc(-c3ccc(N4CC5C(C4)N5Cc4cnc5[nH]ccc5c4)nc3)c12. The Bertz CT molecular complexity index is 1690. The van der Waals surface area contributed by atoms with Gasteiger partial charge in [-0.3, -0.25) is 4.90 Å². The van der Waals surface area contributed by atoms with E-state index < -0.39 is 0 Å². The summed E-state index contributed by atoms with van der Waals surface area (Å²) in [6.07, 6.45) is 12.0. The predicted octanol–water partition coefficient (Wildman–Crippen LogP) is 3.82. The summed E-state index contributed by atoms with van der Waals surface area (Å²) in [6.45, 7) is 5.04. The number of rotatable bonds is 5. The second-order valence-corrected chi connectivity index (χ2v) is 10.6. The zero-order chi connectivity index (χ0) is 25.2. The molecule has 0 saturated carbocycles. The first-order valence-electron chi connectivity index (χ1n) is 13.3. The van der Waals surface area contributed by atoms with Crippen LogP contribution in [0.3, 0.4) is 0 Å². The van der Waals surface area contributed by atoms with E-state index in [0.29, 0.717) is 17.6 Å². The minimum absolute atomic E-state index is 0.570. The number of fused-ring (bicyclic) bond motifs is 3. The molecule has 2 atom stereocenters. The van der Waals surface area contributed by atoms with Crippen molar-refractivity contribution in [2.24, 2.45) is 0 Å². The van der Waals surface area contributed by atoms with Gasteiger partial charge in [0.05, 0.1) is 29.2 Å². The highest BCUT2D eigenvalue weighted by Crippen LogP contribution is 2.39. The van der Waals surface area contributed by atoms with Gasteiger partial charge in [0.1, 0.15) is 17.5 Å². The van der Waals surface area contributed by atoms with Crippen LogP contribution in [0.25, 0.3) is 27.7 Å². The minimum atomic E-state index is 0.570. The Kier molecular flexibility index (Phi) is 4.73. The van der Waals surface area contributed by atoms with Crippen LogP contribution in [0.4, 0.5) is 11.5 Å². The Morgan fingerprint density at radius 2 is 1.84 bits per heavy atom. The molecule has 8 heterocycles. The molecule has 3 aliphatic rings. The standard InChI is InChI=1S/C29H27N9/c30-11-22-14-34-38-16-23(35-7-1-2-8-35)10-24(28(22)38)21-3-4-27(32-13-21)36-17-25-26(18-36)37(25)15-19-9-20-5-6-31-29(20)33-12-19/h3-6,9-10,12-14,16,25-26H,1-2,7-8,15,17-18H2,(H,31,33). The maximum atomic E-state index is 9.70. The molecule has 1 N–H and O–H groups in total. The lowest BCUT2D eigenvalue weighted by atomic mass is 10.0. The number of anilines is 2. The van der Waals surface area contributed by atoms with Crippen molar-refractivity contribution in [1.29, 1.82) is 5.26 Å². The first-order valence-corrected chi connectivity index (χ1v) is 13.3. The van der Waals surface area contributed by atoms with E-state index in [-0.39, 0.29) is 0 Å². The first-order chi connectivity index (χ1) is 18.7. The van der Waals surface area contributed by atoms with Crippen LogP contribution in [0.5, 0.6) is 0 Å². The number of aromatic amines is 1. The molecule has 9 heteroatoms. The maximum Gasteiger partial charge on any atom is 0.137 e. The van der Waals surface area contributed by atoms with Crippen LogP contribution in [0.1, 0.15) is 24.0 Å². The number of H-pyrrole nitrogens is 1. The second kappa shape index (κ2) is 8.30. The molecule has 3 aliphatic heterocycles. The van der Waals surface area contributed by atoms with Gasteiger partial charge >= 0.3 is 0 Å². The molecule has 188 valence electrons. The quantitative estimate of drug-likeness (QED) is 0.366. The highest BCUT2D eigenvalue weighted by Gasteiger charge is 2.53. The molecule has 3 fully saturated rings. The van der Waals surface area contributed by atoms with Crippen molar-refractivity contribution < 1.29 is 0 Å². The number of pyridine rings is 3. The molecule has 3 saturated heterocycles. The van der Waals surface area contributed by atoms with Crippen molar-refractivity contribution in [3.63, 3.8) is 0 Å². The van der Waals surface area contributed by atoms with Gasteiger partial charge in [-0.15, -0.1) is 0 Å². The fraction of sp³-hybridized carbons (Fsp3) is 0.310. The van der Waals surface area contributed by atoms with Crippen LogP contribution >= 0.6 is 0 Å². The number of hydrogen-bond acceptors (Lipinski definition) is 7. The number of nitrogens with zero attached hydrogens (tertiary/aromatic N) is 8. The molecular weight excluding hydrogens is 474 g/mol. The van der Waals surface area contributed by atoms with E-state index in [0.717, 1.165) is 66.5 Å².